The maximum Gasteiger partial charge on any atom is 0.352 e. The van der Waals surface area contributed by atoms with E-state index in [1.54, 1.807) is 61.5 Å². The summed E-state index contributed by atoms with van der Waals surface area (Å²) in [6.45, 7) is 10.6. The summed E-state index contributed by atoms with van der Waals surface area (Å²) in [5.74, 6) is -4.01. The van der Waals surface area contributed by atoms with Crippen molar-refractivity contribution < 1.29 is 38.1 Å². The van der Waals surface area contributed by atoms with Crippen LogP contribution >= 0.6 is 0 Å². The molecule has 0 aliphatic rings. The van der Waals surface area contributed by atoms with Gasteiger partial charge in [0.2, 0.25) is 12.2 Å². The minimum absolute atomic E-state index is 0.0253. The smallest absolute Gasteiger partial charge is 0.352 e. The van der Waals surface area contributed by atoms with Gasteiger partial charge in [0.25, 0.3) is 0 Å². The Hall–Kier alpha value is -3.94. The maximum atomic E-state index is 13.3. The molecule has 2 rings (SSSR count). The lowest BCUT2D eigenvalue weighted by Crippen LogP contribution is -2.48. The van der Waals surface area contributed by atoms with Crippen molar-refractivity contribution in [3.8, 4) is 0 Å². The van der Waals surface area contributed by atoms with Crippen molar-refractivity contribution in [3.05, 3.63) is 83.4 Å². The molecule has 0 heterocycles. The maximum absolute atomic E-state index is 13.3. The number of benzene rings is 2. The van der Waals surface area contributed by atoms with Crippen molar-refractivity contribution in [2.75, 3.05) is 0 Å². The van der Waals surface area contributed by atoms with Gasteiger partial charge in [-0.25, -0.2) is 14.4 Å². The SMILES string of the molecule is C/C(=C/C(C)C)C(=O)OC(C(=O)OCc1ccccc1)C(OC(=O)C(C)CC(C)C)C(=O)OCc1ccccc1. The fourth-order valence-corrected chi connectivity index (χ4v) is 3.91. The zero-order chi connectivity index (χ0) is 29.7. The van der Waals surface area contributed by atoms with Crippen molar-refractivity contribution in [2.45, 2.75) is 73.4 Å². The van der Waals surface area contributed by atoms with E-state index in [1.165, 1.54) is 6.92 Å². The molecule has 8 nitrogen and oxygen atoms in total. The number of hydrogen-bond donors (Lipinski definition) is 0. The summed E-state index contributed by atoms with van der Waals surface area (Å²) < 4.78 is 21.9. The molecule has 0 N–H and O–H groups in total. The topological polar surface area (TPSA) is 105 Å². The highest BCUT2D eigenvalue weighted by Gasteiger charge is 2.43. The van der Waals surface area contributed by atoms with Crippen LogP contribution in [-0.4, -0.2) is 36.1 Å². The third kappa shape index (κ3) is 11.0. The summed E-state index contributed by atoms with van der Waals surface area (Å²) in [5.41, 5.74) is 1.60. The predicted octanol–water partition coefficient (Wildman–Crippen LogP) is 5.58. The quantitative estimate of drug-likeness (QED) is 0.170. The molecule has 0 aromatic heterocycles. The van der Waals surface area contributed by atoms with E-state index in [-0.39, 0.29) is 30.6 Å². The average molecular weight is 553 g/mol. The van der Waals surface area contributed by atoms with Crippen molar-refractivity contribution >= 4 is 23.9 Å². The second-order valence-corrected chi connectivity index (χ2v) is 10.5. The lowest BCUT2D eigenvalue weighted by atomic mass is 9.99. The van der Waals surface area contributed by atoms with Gasteiger partial charge >= 0.3 is 23.9 Å². The second kappa shape index (κ2) is 16.2. The van der Waals surface area contributed by atoms with E-state index in [0.717, 1.165) is 0 Å². The van der Waals surface area contributed by atoms with Crippen molar-refractivity contribution in [1.82, 2.24) is 0 Å². The molecule has 0 radical (unpaired) electrons. The molecule has 0 spiro atoms. The first-order valence-corrected chi connectivity index (χ1v) is 13.5. The van der Waals surface area contributed by atoms with Crippen molar-refractivity contribution in [2.24, 2.45) is 17.8 Å². The van der Waals surface area contributed by atoms with Crippen LogP contribution in [0, 0.1) is 17.8 Å². The van der Waals surface area contributed by atoms with E-state index in [4.69, 9.17) is 18.9 Å². The molecule has 8 heteroatoms. The van der Waals surface area contributed by atoms with Gasteiger partial charge in [0.1, 0.15) is 13.2 Å². The van der Waals surface area contributed by atoms with E-state index in [1.807, 2.05) is 39.8 Å². The lowest BCUT2D eigenvalue weighted by Gasteiger charge is -2.26. The fraction of sp³-hybridized carbons (Fsp3) is 0.438. The summed E-state index contributed by atoms with van der Waals surface area (Å²) in [4.78, 5) is 52.6. The highest BCUT2D eigenvalue weighted by atomic mass is 16.6. The standard InChI is InChI=1S/C32H40O8/c1-21(2)17-23(5)29(33)39-27(31(35)37-19-25-13-9-7-10-14-25)28(40-30(34)24(6)18-22(3)4)32(36)38-20-26-15-11-8-12-16-26/h7-17,21-22,24,27-28H,18-20H2,1-6H3/b23-17-. The summed E-state index contributed by atoms with van der Waals surface area (Å²) in [6.07, 6.45) is -1.60. The molecule has 0 fully saturated rings. The third-order valence-corrected chi connectivity index (χ3v) is 5.80. The monoisotopic (exact) mass is 552 g/mol. The predicted molar refractivity (Wildman–Crippen MR) is 149 cm³/mol. The van der Waals surface area contributed by atoms with Gasteiger partial charge in [0, 0.05) is 5.57 Å². The molecule has 216 valence electrons. The molecular weight excluding hydrogens is 512 g/mol. The summed E-state index contributed by atoms with van der Waals surface area (Å²) in [6, 6.07) is 17.8. The molecule has 2 aromatic rings. The average Bonchev–Trinajstić information content (AvgIpc) is 2.92. The number of hydrogen-bond acceptors (Lipinski definition) is 8. The Morgan fingerprint density at radius 2 is 1.12 bits per heavy atom. The van der Waals surface area contributed by atoms with Crippen LogP contribution in [0.5, 0.6) is 0 Å². The van der Waals surface area contributed by atoms with Crippen LogP contribution in [0.25, 0.3) is 0 Å². The minimum Gasteiger partial charge on any atom is -0.458 e. The number of rotatable bonds is 14. The Kier molecular flexibility index (Phi) is 13.1. The molecule has 3 unspecified atom stereocenters. The first-order chi connectivity index (χ1) is 19.0. The van der Waals surface area contributed by atoms with Gasteiger partial charge in [0.15, 0.2) is 0 Å². The molecule has 40 heavy (non-hydrogen) atoms. The van der Waals surface area contributed by atoms with Gasteiger partial charge in [-0.1, -0.05) is 101 Å². The second-order valence-electron chi connectivity index (χ2n) is 10.5. The molecule has 3 atom stereocenters. The number of esters is 4. The van der Waals surface area contributed by atoms with E-state index in [9.17, 15) is 19.2 Å². The van der Waals surface area contributed by atoms with E-state index < -0.39 is 42.0 Å². The van der Waals surface area contributed by atoms with Crippen LogP contribution in [0.4, 0.5) is 0 Å². The van der Waals surface area contributed by atoms with Crippen LogP contribution in [0.2, 0.25) is 0 Å². The molecule has 2 aromatic carbocycles. The number of allylic oxidation sites excluding steroid dienone is 1. The van der Waals surface area contributed by atoms with Gasteiger partial charge < -0.3 is 18.9 Å². The van der Waals surface area contributed by atoms with Crippen LogP contribution in [0.15, 0.2) is 72.3 Å². The first kappa shape index (κ1) is 32.3. The molecule has 0 amide bonds. The minimum atomic E-state index is -1.88. The van der Waals surface area contributed by atoms with Crippen LogP contribution in [0.1, 0.15) is 59.1 Å². The Balaban J connectivity index is 2.38. The fourth-order valence-electron chi connectivity index (χ4n) is 3.91. The molecule has 0 bridgehead atoms. The van der Waals surface area contributed by atoms with Crippen LogP contribution in [0.3, 0.4) is 0 Å². The molecular formula is C32H40O8. The zero-order valence-electron chi connectivity index (χ0n) is 24.1. The summed E-state index contributed by atoms with van der Waals surface area (Å²) >= 11 is 0. The molecule has 0 aliphatic carbocycles. The summed E-state index contributed by atoms with van der Waals surface area (Å²) in [5, 5.41) is 0. The highest BCUT2D eigenvalue weighted by molar-refractivity contribution is 5.93. The number of ether oxygens (including phenoxy) is 4. The van der Waals surface area contributed by atoms with Gasteiger partial charge in [-0.05, 0) is 36.3 Å². The van der Waals surface area contributed by atoms with Gasteiger partial charge in [-0.3, -0.25) is 4.79 Å². The summed E-state index contributed by atoms with van der Waals surface area (Å²) in [7, 11) is 0. The largest absolute Gasteiger partial charge is 0.458 e. The van der Waals surface area contributed by atoms with Gasteiger partial charge in [0.05, 0.1) is 5.92 Å². The zero-order valence-corrected chi connectivity index (χ0v) is 24.1. The molecule has 0 saturated heterocycles. The van der Waals surface area contributed by atoms with Gasteiger partial charge in [-0.2, -0.15) is 0 Å². The Bertz CT molecular complexity index is 1140. The van der Waals surface area contributed by atoms with E-state index in [0.29, 0.717) is 17.5 Å². The number of carbonyl (C=O) groups is 4. The molecule has 0 aliphatic heterocycles. The van der Waals surface area contributed by atoms with Crippen molar-refractivity contribution in [1.29, 1.82) is 0 Å². The van der Waals surface area contributed by atoms with E-state index in [2.05, 4.69) is 0 Å². The van der Waals surface area contributed by atoms with Crippen LogP contribution < -0.4 is 0 Å². The number of carbonyl (C=O) groups excluding carboxylic acids is 4. The molecule has 0 saturated carbocycles. The Morgan fingerprint density at radius 3 is 1.55 bits per heavy atom. The van der Waals surface area contributed by atoms with Crippen LogP contribution in [-0.2, 0) is 51.3 Å². The van der Waals surface area contributed by atoms with Gasteiger partial charge in [-0.15, -0.1) is 0 Å². The highest BCUT2D eigenvalue weighted by Crippen LogP contribution is 2.19. The lowest BCUT2D eigenvalue weighted by molar-refractivity contribution is -0.193. The Labute approximate surface area is 236 Å². The first-order valence-electron chi connectivity index (χ1n) is 13.5. The normalized spacial score (nSPS) is 13.8. The van der Waals surface area contributed by atoms with Crippen molar-refractivity contribution in [3.63, 3.8) is 0 Å². The van der Waals surface area contributed by atoms with E-state index >= 15 is 0 Å². The third-order valence-electron chi connectivity index (χ3n) is 5.80. The Morgan fingerprint density at radius 1 is 0.675 bits per heavy atom.